The van der Waals surface area contributed by atoms with Gasteiger partial charge in [0, 0.05) is 19.2 Å². The minimum atomic E-state index is -0.842. The molecule has 1 aromatic rings. The summed E-state index contributed by atoms with van der Waals surface area (Å²) in [5.74, 6) is -0.842. The third-order valence-electron chi connectivity index (χ3n) is 4.40. The summed E-state index contributed by atoms with van der Waals surface area (Å²) in [6.07, 6.45) is 4.35. The molecule has 0 aliphatic carbocycles. The molecule has 1 heterocycles. The topological polar surface area (TPSA) is 49.8 Å². The summed E-state index contributed by atoms with van der Waals surface area (Å²) in [5, 5.41) is 9.22. The Balaban J connectivity index is 1.92. The zero-order valence-electron chi connectivity index (χ0n) is 12.9. The van der Waals surface area contributed by atoms with Crippen molar-refractivity contribution in [1.29, 1.82) is 0 Å². The molecule has 0 saturated carbocycles. The Morgan fingerprint density at radius 1 is 1.43 bits per heavy atom. The number of aromatic carboxylic acids is 1. The van der Waals surface area contributed by atoms with E-state index in [-0.39, 0.29) is 0 Å². The van der Waals surface area contributed by atoms with Crippen LogP contribution in [0.15, 0.2) is 24.3 Å². The van der Waals surface area contributed by atoms with E-state index in [1.165, 1.54) is 0 Å². The maximum Gasteiger partial charge on any atom is 0.335 e. The molecule has 2 unspecified atom stereocenters. The number of ether oxygens (including phenoxy) is 1. The lowest BCUT2D eigenvalue weighted by atomic mass is 9.99. The number of carbonyl (C=O) groups is 1. The fourth-order valence-electron chi connectivity index (χ4n) is 2.97. The van der Waals surface area contributed by atoms with Crippen LogP contribution in [0.5, 0.6) is 0 Å². The Kier molecular flexibility index (Phi) is 5.76. The third kappa shape index (κ3) is 4.29. The second-order valence-electron chi connectivity index (χ2n) is 5.77. The minimum absolute atomic E-state index is 0.373. The first-order valence-corrected chi connectivity index (χ1v) is 7.74. The van der Waals surface area contributed by atoms with E-state index in [0.29, 0.717) is 17.7 Å². The summed E-state index contributed by atoms with van der Waals surface area (Å²) in [5.41, 5.74) is 1.33. The second-order valence-corrected chi connectivity index (χ2v) is 5.77. The summed E-state index contributed by atoms with van der Waals surface area (Å²) in [4.78, 5) is 13.6. The fourth-order valence-corrected chi connectivity index (χ4v) is 2.97. The van der Waals surface area contributed by atoms with Gasteiger partial charge in [-0.1, -0.05) is 25.1 Å². The lowest BCUT2D eigenvalue weighted by molar-refractivity contribution is -0.0229. The van der Waals surface area contributed by atoms with Crippen LogP contribution in [0.3, 0.4) is 0 Å². The molecule has 0 bridgehead atoms. The van der Waals surface area contributed by atoms with Crippen LogP contribution in [0.25, 0.3) is 0 Å². The lowest BCUT2D eigenvalue weighted by Gasteiger charge is -2.35. The molecule has 4 heteroatoms. The first kappa shape index (κ1) is 16.0. The summed E-state index contributed by atoms with van der Waals surface area (Å²) in [7, 11) is 2.13. The Bertz CT molecular complexity index is 475. The van der Waals surface area contributed by atoms with Crippen molar-refractivity contribution in [2.45, 2.75) is 44.8 Å². The highest BCUT2D eigenvalue weighted by molar-refractivity contribution is 5.89. The van der Waals surface area contributed by atoms with Gasteiger partial charge < -0.3 is 14.7 Å². The fraction of sp³-hybridized carbons (Fsp3) is 0.588. The zero-order chi connectivity index (χ0) is 15.2. The van der Waals surface area contributed by atoms with Gasteiger partial charge in [0.25, 0.3) is 0 Å². The van der Waals surface area contributed by atoms with Gasteiger partial charge in [0.1, 0.15) is 0 Å². The largest absolute Gasteiger partial charge is 0.478 e. The van der Waals surface area contributed by atoms with Gasteiger partial charge in [0.2, 0.25) is 0 Å². The lowest BCUT2D eigenvalue weighted by Crippen LogP contribution is -2.41. The van der Waals surface area contributed by atoms with Crippen molar-refractivity contribution in [3.63, 3.8) is 0 Å². The third-order valence-corrected chi connectivity index (χ3v) is 4.40. The summed E-state index contributed by atoms with van der Waals surface area (Å²) < 4.78 is 5.72. The molecule has 0 spiro atoms. The number of carboxylic acid groups (broad SMARTS) is 1. The standard InChI is InChI=1S/C17H25NO3/c1-3-15-12-14(9-11-21-15)18(2)10-8-13-6-4-5-7-16(13)17(19)20/h4-7,14-15H,3,8-12H2,1-2H3,(H,19,20). The quantitative estimate of drug-likeness (QED) is 0.875. The molecule has 2 rings (SSSR count). The predicted molar refractivity (Wildman–Crippen MR) is 82.8 cm³/mol. The van der Waals surface area contributed by atoms with E-state index in [9.17, 15) is 9.90 Å². The Hall–Kier alpha value is -1.39. The van der Waals surface area contributed by atoms with Crippen LogP contribution >= 0.6 is 0 Å². The first-order valence-electron chi connectivity index (χ1n) is 7.74. The van der Waals surface area contributed by atoms with Crippen molar-refractivity contribution in [2.24, 2.45) is 0 Å². The molecule has 1 N–H and O–H groups in total. The molecular formula is C17H25NO3. The van der Waals surface area contributed by atoms with Crippen LogP contribution in [0.2, 0.25) is 0 Å². The van der Waals surface area contributed by atoms with Gasteiger partial charge in [-0.3, -0.25) is 0 Å². The van der Waals surface area contributed by atoms with E-state index in [4.69, 9.17) is 4.74 Å². The monoisotopic (exact) mass is 291 g/mol. The van der Waals surface area contributed by atoms with Crippen LogP contribution < -0.4 is 0 Å². The molecule has 21 heavy (non-hydrogen) atoms. The second kappa shape index (κ2) is 7.57. The number of benzene rings is 1. The smallest absolute Gasteiger partial charge is 0.335 e. The molecule has 2 atom stereocenters. The van der Waals surface area contributed by atoms with Gasteiger partial charge in [-0.05, 0) is 44.4 Å². The Morgan fingerprint density at radius 3 is 2.90 bits per heavy atom. The van der Waals surface area contributed by atoms with E-state index in [1.807, 2.05) is 12.1 Å². The van der Waals surface area contributed by atoms with Crippen LogP contribution in [0.1, 0.15) is 42.1 Å². The molecule has 4 nitrogen and oxygen atoms in total. The highest BCUT2D eigenvalue weighted by atomic mass is 16.5. The number of hydrogen-bond donors (Lipinski definition) is 1. The minimum Gasteiger partial charge on any atom is -0.478 e. The predicted octanol–water partition coefficient (Wildman–Crippen LogP) is 2.82. The Labute approximate surface area is 126 Å². The van der Waals surface area contributed by atoms with E-state index in [0.717, 1.165) is 44.4 Å². The van der Waals surface area contributed by atoms with Crippen LogP contribution in [-0.4, -0.2) is 48.3 Å². The van der Waals surface area contributed by atoms with Gasteiger partial charge >= 0.3 is 5.97 Å². The molecule has 0 aromatic heterocycles. The number of carboxylic acids is 1. The van der Waals surface area contributed by atoms with Crippen molar-refractivity contribution in [1.82, 2.24) is 4.90 Å². The number of likely N-dealkylation sites (N-methyl/N-ethyl adjacent to an activating group) is 1. The molecule has 1 saturated heterocycles. The van der Waals surface area contributed by atoms with Crippen molar-refractivity contribution in [2.75, 3.05) is 20.2 Å². The molecule has 0 amide bonds. The number of rotatable bonds is 6. The highest BCUT2D eigenvalue weighted by Crippen LogP contribution is 2.21. The van der Waals surface area contributed by atoms with E-state index in [1.54, 1.807) is 12.1 Å². The van der Waals surface area contributed by atoms with Gasteiger partial charge in [-0.2, -0.15) is 0 Å². The van der Waals surface area contributed by atoms with E-state index < -0.39 is 5.97 Å². The van der Waals surface area contributed by atoms with Crippen molar-refractivity contribution < 1.29 is 14.6 Å². The molecule has 1 aliphatic rings. The van der Waals surface area contributed by atoms with Crippen molar-refractivity contribution in [3.8, 4) is 0 Å². The summed E-state index contributed by atoms with van der Waals surface area (Å²) >= 11 is 0. The van der Waals surface area contributed by atoms with Crippen molar-refractivity contribution in [3.05, 3.63) is 35.4 Å². The molecular weight excluding hydrogens is 266 g/mol. The van der Waals surface area contributed by atoms with Gasteiger partial charge in [0.15, 0.2) is 0 Å². The molecule has 1 aliphatic heterocycles. The molecule has 1 aromatic carbocycles. The maximum absolute atomic E-state index is 11.2. The average Bonchev–Trinajstić information content (AvgIpc) is 2.52. The SMILES string of the molecule is CCC1CC(N(C)CCc2ccccc2C(=O)O)CCO1. The van der Waals surface area contributed by atoms with Crippen molar-refractivity contribution >= 4 is 5.97 Å². The Morgan fingerprint density at radius 2 is 2.19 bits per heavy atom. The highest BCUT2D eigenvalue weighted by Gasteiger charge is 2.24. The van der Waals surface area contributed by atoms with Gasteiger partial charge in [-0.15, -0.1) is 0 Å². The van der Waals surface area contributed by atoms with Gasteiger partial charge in [-0.25, -0.2) is 4.79 Å². The first-order chi connectivity index (χ1) is 10.1. The number of hydrogen-bond acceptors (Lipinski definition) is 3. The van der Waals surface area contributed by atoms with Crippen LogP contribution in [-0.2, 0) is 11.2 Å². The van der Waals surface area contributed by atoms with Gasteiger partial charge in [0.05, 0.1) is 11.7 Å². The zero-order valence-corrected chi connectivity index (χ0v) is 12.9. The summed E-state index contributed by atoms with van der Waals surface area (Å²) in [6.45, 7) is 3.88. The molecule has 1 fully saturated rings. The normalized spacial score (nSPS) is 22.4. The molecule has 116 valence electrons. The number of nitrogens with zero attached hydrogens (tertiary/aromatic N) is 1. The summed E-state index contributed by atoms with van der Waals surface area (Å²) in [6, 6.07) is 7.82. The van der Waals surface area contributed by atoms with E-state index in [2.05, 4.69) is 18.9 Å². The van der Waals surface area contributed by atoms with Crippen LogP contribution in [0, 0.1) is 0 Å². The van der Waals surface area contributed by atoms with Crippen LogP contribution in [0.4, 0.5) is 0 Å². The maximum atomic E-state index is 11.2. The average molecular weight is 291 g/mol. The molecule has 0 radical (unpaired) electrons. The van der Waals surface area contributed by atoms with E-state index >= 15 is 0 Å².